The Morgan fingerprint density at radius 1 is 1.25 bits per heavy atom. The van der Waals surface area contributed by atoms with Crippen LogP contribution < -0.4 is 5.32 Å². The first kappa shape index (κ1) is 13.7. The molecule has 3 rings (SSSR count). The molecule has 2 heteroatoms. The Bertz CT molecular complexity index is 470. The lowest BCUT2D eigenvalue weighted by Crippen LogP contribution is -2.45. The van der Waals surface area contributed by atoms with Gasteiger partial charge in [0, 0.05) is 17.9 Å². The number of carbonyl (C=O) groups excluding carboxylic acids is 1. The average Bonchev–Trinajstić information content (AvgIpc) is 2.77. The molecule has 1 saturated heterocycles. The molecule has 1 amide bonds. The molecule has 1 aliphatic carbocycles. The number of amides is 1. The molecule has 0 bridgehead atoms. The van der Waals surface area contributed by atoms with Crippen molar-refractivity contribution in [3.05, 3.63) is 35.9 Å². The van der Waals surface area contributed by atoms with Crippen LogP contribution in [0.4, 0.5) is 0 Å². The third kappa shape index (κ3) is 2.36. The van der Waals surface area contributed by atoms with Gasteiger partial charge in [-0.2, -0.15) is 0 Å². The van der Waals surface area contributed by atoms with Crippen LogP contribution in [0.3, 0.4) is 0 Å². The van der Waals surface area contributed by atoms with Gasteiger partial charge < -0.3 is 5.32 Å². The summed E-state index contributed by atoms with van der Waals surface area (Å²) < 4.78 is 0. The van der Waals surface area contributed by atoms with E-state index in [1.807, 2.05) is 0 Å². The molecule has 1 aromatic carbocycles. The molecule has 108 valence electrons. The van der Waals surface area contributed by atoms with Crippen molar-refractivity contribution in [1.29, 1.82) is 0 Å². The molecular weight excluding hydrogens is 246 g/mol. The Morgan fingerprint density at radius 2 is 2.05 bits per heavy atom. The zero-order valence-electron chi connectivity index (χ0n) is 12.4. The minimum atomic E-state index is 0.222. The van der Waals surface area contributed by atoms with Crippen LogP contribution in [-0.2, 0) is 11.2 Å². The Balaban J connectivity index is 1.85. The Kier molecular flexibility index (Phi) is 3.82. The second-order valence-corrected chi connectivity index (χ2v) is 6.57. The summed E-state index contributed by atoms with van der Waals surface area (Å²) in [5.41, 5.74) is 1.57. The average molecular weight is 271 g/mol. The molecule has 0 aromatic heterocycles. The second kappa shape index (κ2) is 5.59. The van der Waals surface area contributed by atoms with Crippen molar-refractivity contribution in [2.75, 3.05) is 0 Å². The lowest BCUT2D eigenvalue weighted by atomic mass is 9.60. The Labute approximate surface area is 122 Å². The molecular formula is C18H25NO. The van der Waals surface area contributed by atoms with Gasteiger partial charge in [-0.25, -0.2) is 0 Å². The van der Waals surface area contributed by atoms with Crippen LogP contribution in [0.15, 0.2) is 30.3 Å². The van der Waals surface area contributed by atoms with Crippen LogP contribution in [0.2, 0.25) is 0 Å². The van der Waals surface area contributed by atoms with Crippen LogP contribution in [0, 0.1) is 11.3 Å². The fourth-order valence-electron chi connectivity index (χ4n) is 4.55. The molecule has 1 aliphatic heterocycles. The van der Waals surface area contributed by atoms with Crippen molar-refractivity contribution in [3.63, 3.8) is 0 Å². The maximum absolute atomic E-state index is 12.1. The molecule has 1 aromatic rings. The molecule has 2 aliphatic rings. The van der Waals surface area contributed by atoms with E-state index in [9.17, 15) is 4.79 Å². The molecule has 3 unspecified atom stereocenters. The number of carbonyl (C=O) groups is 1. The van der Waals surface area contributed by atoms with Crippen molar-refractivity contribution in [1.82, 2.24) is 5.32 Å². The number of hydrogen-bond acceptors (Lipinski definition) is 1. The molecule has 20 heavy (non-hydrogen) atoms. The predicted octanol–water partition coefficient (Wildman–Crippen LogP) is 3.70. The molecule has 1 N–H and O–H groups in total. The normalized spacial score (nSPS) is 33.4. The highest BCUT2D eigenvalue weighted by molar-refractivity contribution is 5.80. The van der Waals surface area contributed by atoms with Gasteiger partial charge in [-0.1, -0.05) is 56.5 Å². The monoisotopic (exact) mass is 271 g/mol. The van der Waals surface area contributed by atoms with Crippen LogP contribution in [0.1, 0.15) is 51.0 Å². The van der Waals surface area contributed by atoms with Crippen molar-refractivity contribution in [3.8, 4) is 0 Å². The Morgan fingerprint density at radius 3 is 2.80 bits per heavy atom. The van der Waals surface area contributed by atoms with Gasteiger partial charge in [0.15, 0.2) is 0 Å². The maximum atomic E-state index is 12.1. The molecule has 2 fully saturated rings. The summed E-state index contributed by atoms with van der Waals surface area (Å²) in [7, 11) is 0. The third-order valence-electron chi connectivity index (χ3n) is 5.55. The SMILES string of the molecule is CCC1CCCCC12CC(=O)NC2Cc1ccccc1. The maximum Gasteiger partial charge on any atom is 0.220 e. The number of hydrogen-bond donors (Lipinski definition) is 1. The second-order valence-electron chi connectivity index (χ2n) is 6.57. The topological polar surface area (TPSA) is 29.1 Å². The predicted molar refractivity (Wildman–Crippen MR) is 81.4 cm³/mol. The van der Waals surface area contributed by atoms with Gasteiger partial charge in [-0.05, 0) is 30.7 Å². The van der Waals surface area contributed by atoms with E-state index in [1.54, 1.807) is 0 Å². The fraction of sp³-hybridized carbons (Fsp3) is 0.611. The summed E-state index contributed by atoms with van der Waals surface area (Å²) >= 11 is 0. The van der Waals surface area contributed by atoms with Crippen LogP contribution in [0.25, 0.3) is 0 Å². The molecule has 1 saturated carbocycles. The van der Waals surface area contributed by atoms with E-state index in [0.29, 0.717) is 12.0 Å². The highest BCUT2D eigenvalue weighted by Gasteiger charge is 2.51. The van der Waals surface area contributed by atoms with E-state index in [4.69, 9.17) is 0 Å². The number of rotatable bonds is 3. The highest BCUT2D eigenvalue weighted by atomic mass is 16.2. The van der Waals surface area contributed by atoms with Gasteiger partial charge >= 0.3 is 0 Å². The summed E-state index contributed by atoms with van der Waals surface area (Å²) in [5, 5.41) is 3.29. The Hall–Kier alpha value is -1.31. The first-order chi connectivity index (χ1) is 9.74. The van der Waals surface area contributed by atoms with Gasteiger partial charge in [0.2, 0.25) is 5.91 Å². The largest absolute Gasteiger partial charge is 0.352 e. The van der Waals surface area contributed by atoms with E-state index < -0.39 is 0 Å². The van der Waals surface area contributed by atoms with Crippen LogP contribution >= 0.6 is 0 Å². The van der Waals surface area contributed by atoms with Gasteiger partial charge in [0.1, 0.15) is 0 Å². The summed E-state index contributed by atoms with van der Waals surface area (Å²) in [6, 6.07) is 10.9. The van der Waals surface area contributed by atoms with Gasteiger partial charge in [-0.3, -0.25) is 4.79 Å². The molecule has 0 radical (unpaired) electrons. The summed E-state index contributed by atoms with van der Waals surface area (Å²) in [5.74, 6) is 0.982. The summed E-state index contributed by atoms with van der Waals surface area (Å²) in [4.78, 5) is 12.1. The smallest absolute Gasteiger partial charge is 0.220 e. The minimum absolute atomic E-state index is 0.222. The lowest BCUT2D eigenvalue weighted by Gasteiger charge is -2.44. The number of nitrogens with one attached hydrogen (secondary N) is 1. The van der Waals surface area contributed by atoms with E-state index >= 15 is 0 Å². The molecule has 2 nitrogen and oxygen atoms in total. The zero-order valence-corrected chi connectivity index (χ0v) is 12.4. The summed E-state index contributed by atoms with van der Waals surface area (Å²) in [6.45, 7) is 2.29. The lowest BCUT2D eigenvalue weighted by molar-refractivity contribution is -0.120. The quantitative estimate of drug-likeness (QED) is 0.892. The van der Waals surface area contributed by atoms with Crippen molar-refractivity contribution < 1.29 is 4.79 Å². The van der Waals surface area contributed by atoms with E-state index in [0.717, 1.165) is 12.8 Å². The molecule has 3 atom stereocenters. The highest BCUT2D eigenvalue weighted by Crippen LogP contribution is 2.51. The van der Waals surface area contributed by atoms with Gasteiger partial charge in [0.25, 0.3) is 0 Å². The fourth-order valence-corrected chi connectivity index (χ4v) is 4.55. The van der Waals surface area contributed by atoms with E-state index in [-0.39, 0.29) is 11.3 Å². The first-order valence-corrected chi connectivity index (χ1v) is 8.08. The van der Waals surface area contributed by atoms with E-state index in [2.05, 4.69) is 42.6 Å². The summed E-state index contributed by atoms with van der Waals surface area (Å²) in [6.07, 6.45) is 8.11. The molecule has 1 heterocycles. The zero-order chi connectivity index (χ0) is 14.0. The standard InChI is InChI=1S/C18H25NO/c1-2-15-10-6-7-11-18(15)13-17(20)19-16(18)12-14-8-4-3-5-9-14/h3-5,8-9,15-16H,2,6-7,10-13H2,1H3,(H,19,20). The third-order valence-corrected chi connectivity index (χ3v) is 5.55. The van der Waals surface area contributed by atoms with Crippen molar-refractivity contribution in [2.45, 2.75) is 57.9 Å². The van der Waals surface area contributed by atoms with Gasteiger partial charge in [0.05, 0.1) is 0 Å². The van der Waals surface area contributed by atoms with Gasteiger partial charge in [-0.15, -0.1) is 0 Å². The number of benzene rings is 1. The van der Waals surface area contributed by atoms with Crippen LogP contribution in [0.5, 0.6) is 0 Å². The van der Waals surface area contributed by atoms with Crippen LogP contribution in [-0.4, -0.2) is 11.9 Å². The van der Waals surface area contributed by atoms with Crippen molar-refractivity contribution in [2.24, 2.45) is 11.3 Å². The van der Waals surface area contributed by atoms with Crippen molar-refractivity contribution >= 4 is 5.91 Å². The molecule has 1 spiro atoms. The first-order valence-electron chi connectivity index (χ1n) is 8.08. The minimum Gasteiger partial charge on any atom is -0.352 e. The van der Waals surface area contributed by atoms with E-state index in [1.165, 1.54) is 37.7 Å².